The molecule has 6 nitrogen and oxygen atoms in total. The minimum absolute atomic E-state index is 0.00496. The maximum Gasteiger partial charge on any atom is 0.246 e. The summed E-state index contributed by atoms with van der Waals surface area (Å²) in [5, 5.41) is 7.06. The van der Waals surface area contributed by atoms with Crippen molar-refractivity contribution >= 4 is 11.8 Å². The van der Waals surface area contributed by atoms with Gasteiger partial charge in [0, 0.05) is 7.05 Å². The summed E-state index contributed by atoms with van der Waals surface area (Å²) in [5.41, 5.74) is 1.27. The molecule has 1 saturated heterocycles. The molecule has 0 atom stereocenters. The summed E-state index contributed by atoms with van der Waals surface area (Å²) in [4.78, 5) is 26.4. The summed E-state index contributed by atoms with van der Waals surface area (Å²) in [5.74, 6) is 0.0128. The van der Waals surface area contributed by atoms with Gasteiger partial charge in [-0.3, -0.25) is 14.3 Å². The van der Waals surface area contributed by atoms with Crippen LogP contribution in [0.25, 0.3) is 0 Å². The van der Waals surface area contributed by atoms with Gasteiger partial charge in [0.25, 0.3) is 0 Å². The molecule has 2 heterocycles. The third kappa shape index (κ3) is 1.90. The van der Waals surface area contributed by atoms with Gasteiger partial charge in [-0.25, -0.2) is 0 Å². The second kappa shape index (κ2) is 4.61. The van der Waals surface area contributed by atoms with Gasteiger partial charge in [-0.05, 0) is 25.8 Å². The Kier molecular flexibility index (Phi) is 3.03. The smallest absolute Gasteiger partial charge is 0.246 e. The molecule has 1 aliphatic carbocycles. The van der Waals surface area contributed by atoms with E-state index in [2.05, 4.69) is 10.4 Å². The number of rotatable bonds is 2. The topological polar surface area (TPSA) is 67.2 Å². The summed E-state index contributed by atoms with van der Waals surface area (Å²) in [6.45, 7) is 2.50. The van der Waals surface area contributed by atoms with Crippen molar-refractivity contribution in [3.05, 3.63) is 17.5 Å². The van der Waals surface area contributed by atoms with Crippen molar-refractivity contribution in [3.8, 4) is 0 Å². The maximum atomic E-state index is 12.3. The summed E-state index contributed by atoms with van der Waals surface area (Å²) in [6.07, 6.45) is 3.53. The SMILES string of the molecule is Cc1cc(CN2C(=O)CNC(=O)C23CCCC3)n(C)n1. The quantitative estimate of drug-likeness (QED) is 0.855. The van der Waals surface area contributed by atoms with E-state index in [0.29, 0.717) is 6.54 Å². The van der Waals surface area contributed by atoms with Gasteiger partial charge >= 0.3 is 0 Å². The van der Waals surface area contributed by atoms with E-state index in [1.165, 1.54) is 0 Å². The Balaban J connectivity index is 1.93. The van der Waals surface area contributed by atoms with E-state index in [-0.39, 0.29) is 18.4 Å². The number of hydrogen-bond donors (Lipinski definition) is 1. The van der Waals surface area contributed by atoms with Gasteiger partial charge in [0.15, 0.2) is 0 Å². The largest absolute Gasteiger partial charge is 0.345 e. The molecule has 2 aliphatic rings. The fourth-order valence-electron chi connectivity index (χ4n) is 3.45. The van der Waals surface area contributed by atoms with Gasteiger partial charge in [0.1, 0.15) is 5.54 Å². The highest BCUT2D eigenvalue weighted by Gasteiger charge is 2.50. The van der Waals surface area contributed by atoms with Crippen molar-refractivity contribution in [2.75, 3.05) is 6.54 Å². The van der Waals surface area contributed by atoms with Crippen LogP contribution in [0.5, 0.6) is 0 Å². The molecule has 6 heteroatoms. The number of piperazine rings is 1. The van der Waals surface area contributed by atoms with E-state index >= 15 is 0 Å². The summed E-state index contributed by atoms with van der Waals surface area (Å²) < 4.78 is 1.79. The Morgan fingerprint density at radius 2 is 2.05 bits per heavy atom. The molecule has 2 amide bonds. The van der Waals surface area contributed by atoms with E-state index in [1.807, 2.05) is 20.0 Å². The van der Waals surface area contributed by atoms with Crippen LogP contribution < -0.4 is 5.32 Å². The maximum absolute atomic E-state index is 12.3. The summed E-state index contributed by atoms with van der Waals surface area (Å²) in [7, 11) is 1.87. The van der Waals surface area contributed by atoms with Crippen LogP contribution in [0, 0.1) is 6.92 Å². The van der Waals surface area contributed by atoms with E-state index in [1.54, 1.807) is 9.58 Å². The number of aryl methyl sites for hydroxylation is 2. The molecule has 0 bridgehead atoms. The van der Waals surface area contributed by atoms with Crippen molar-refractivity contribution in [2.24, 2.45) is 7.05 Å². The average Bonchev–Trinajstić information content (AvgIpc) is 2.99. The summed E-state index contributed by atoms with van der Waals surface area (Å²) in [6, 6.07) is 1.97. The molecule has 1 aromatic heterocycles. The number of aromatic nitrogens is 2. The molecule has 1 aromatic rings. The first-order chi connectivity index (χ1) is 9.53. The molecular formula is C14H20N4O2. The molecule has 1 spiro atoms. The van der Waals surface area contributed by atoms with Crippen molar-refractivity contribution in [3.63, 3.8) is 0 Å². The Morgan fingerprint density at radius 3 is 2.65 bits per heavy atom. The highest BCUT2D eigenvalue weighted by Crippen LogP contribution is 2.38. The van der Waals surface area contributed by atoms with Gasteiger partial charge in [-0.2, -0.15) is 5.10 Å². The van der Waals surface area contributed by atoms with Gasteiger partial charge < -0.3 is 10.2 Å². The monoisotopic (exact) mass is 276 g/mol. The standard InChI is InChI=1S/C14H20N4O2/c1-10-7-11(17(2)16-10)9-18-12(19)8-15-13(20)14(18)5-3-4-6-14/h7H,3-6,8-9H2,1-2H3,(H,15,20). The first-order valence-corrected chi connectivity index (χ1v) is 7.11. The molecular weight excluding hydrogens is 256 g/mol. The number of carbonyl (C=O) groups excluding carboxylic acids is 2. The zero-order valence-electron chi connectivity index (χ0n) is 12.0. The van der Waals surface area contributed by atoms with Crippen LogP contribution in [0.2, 0.25) is 0 Å². The minimum Gasteiger partial charge on any atom is -0.345 e. The number of carbonyl (C=O) groups is 2. The molecule has 1 N–H and O–H groups in total. The van der Waals surface area contributed by atoms with Gasteiger partial charge in [-0.15, -0.1) is 0 Å². The Hall–Kier alpha value is -1.85. The lowest BCUT2D eigenvalue weighted by molar-refractivity contribution is -0.154. The predicted molar refractivity (Wildman–Crippen MR) is 72.7 cm³/mol. The lowest BCUT2D eigenvalue weighted by atomic mass is 9.91. The molecule has 1 saturated carbocycles. The van der Waals surface area contributed by atoms with Crippen LogP contribution in [0.3, 0.4) is 0 Å². The van der Waals surface area contributed by atoms with Gasteiger partial charge in [-0.1, -0.05) is 12.8 Å². The van der Waals surface area contributed by atoms with Gasteiger partial charge in [0.2, 0.25) is 11.8 Å². The second-order valence-corrected chi connectivity index (χ2v) is 5.80. The third-order valence-corrected chi connectivity index (χ3v) is 4.49. The number of nitrogens with zero attached hydrogens (tertiary/aromatic N) is 3. The fourth-order valence-corrected chi connectivity index (χ4v) is 3.45. The predicted octanol–water partition coefficient (Wildman–Crippen LogP) is 0.500. The number of nitrogens with one attached hydrogen (secondary N) is 1. The highest BCUT2D eigenvalue weighted by atomic mass is 16.2. The fraction of sp³-hybridized carbons (Fsp3) is 0.643. The zero-order valence-corrected chi connectivity index (χ0v) is 12.0. The first kappa shape index (κ1) is 13.1. The average molecular weight is 276 g/mol. The molecule has 1 aliphatic heterocycles. The normalized spacial score (nSPS) is 21.6. The molecule has 3 rings (SSSR count). The summed E-state index contributed by atoms with van der Waals surface area (Å²) >= 11 is 0. The van der Waals surface area contributed by atoms with Crippen molar-refractivity contribution in [1.82, 2.24) is 20.0 Å². The van der Waals surface area contributed by atoms with Crippen molar-refractivity contribution < 1.29 is 9.59 Å². The lowest BCUT2D eigenvalue weighted by Crippen LogP contribution is -2.65. The molecule has 20 heavy (non-hydrogen) atoms. The molecule has 0 radical (unpaired) electrons. The van der Waals surface area contributed by atoms with E-state index < -0.39 is 5.54 Å². The van der Waals surface area contributed by atoms with Crippen LogP contribution in [0.15, 0.2) is 6.07 Å². The van der Waals surface area contributed by atoms with Gasteiger partial charge in [0.05, 0.1) is 24.5 Å². The number of hydrogen-bond acceptors (Lipinski definition) is 3. The number of amides is 2. The first-order valence-electron chi connectivity index (χ1n) is 7.11. The molecule has 0 aromatic carbocycles. The Bertz CT molecular complexity index is 558. The van der Waals surface area contributed by atoms with Crippen LogP contribution in [-0.2, 0) is 23.2 Å². The van der Waals surface area contributed by atoms with Crippen molar-refractivity contribution in [1.29, 1.82) is 0 Å². The highest BCUT2D eigenvalue weighted by molar-refractivity contribution is 5.98. The van der Waals surface area contributed by atoms with E-state index in [9.17, 15) is 9.59 Å². The minimum atomic E-state index is -0.631. The lowest BCUT2D eigenvalue weighted by Gasteiger charge is -2.43. The third-order valence-electron chi connectivity index (χ3n) is 4.49. The Morgan fingerprint density at radius 1 is 1.35 bits per heavy atom. The van der Waals surface area contributed by atoms with Crippen LogP contribution in [0.1, 0.15) is 37.1 Å². The van der Waals surface area contributed by atoms with E-state index in [0.717, 1.165) is 37.1 Å². The van der Waals surface area contributed by atoms with Crippen LogP contribution >= 0.6 is 0 Å². The molecule has 0 unspecified atom stereocenters. The van der Waals surface area contributed by atoms with Crippen molar-refractivity contribution in [2.45, 2.75) is 44.7 Å². The molecule has 108 valence electrons. The molecule has 2 fully saturated rings. The van der Waals surface area contributed by atoms with E-state index in [4.69, 9.17) is 0 Å². The second-order valence-electron chi connectivity index (χ2n) is 5.80. The van der Waals surface area contributed by atoms with Crippen LogP contribution in [-0.4, -0.2) is 38.6 Å². The van der Waals surface area contributed by atoms with Crippen LogP contribution in [0.4, 0.5) is 0 Å². The zero-order chi connectivity index (χ0) is 14.3. The Labute approximate surface area is 118 Å².